The van der Waals surface area contributed by atoms with E-state index in [-0.39, 0.29) is 19.6 Å². The molecule has 0 unspecified atom stereocenters. The van der Waals surface area contributed by atoms with Crippen molar-refractivity contribution >= 4 is 5.97 Å². The average molecular weight is 387 g/mol. The van der Waals surface area contributed by atoms with Crippen LogP contribution in [0.4, 0.5) is 4.39 Å². The second-order valence-electron chi connectivity index (χ2n) is 6.24. The molecule has 0 spiro atoms. The lowest BCUT2D eigenvalue weighted by Crippen LogP contribution is -2.24. The first-order valence-electron chi connectivity index (χ1n) is 8.68. The van der Waals surface area contributed by atoms with E-state index in [1.165, 1.54) is 7.11 Å². The van der Waals surface area contributed by atoms with Crippen LogP contribution < -0.4 is 9.47 Å². The minimum atomic E-state index is -1.40. The van der Waals surface area contributed by atoms with Crippen molar-refractivity contribution in [2.45, 2.75) is 25.6 Å². The topological polar surface area (TPSA) is 88.8 Å². The van der Waals surface area contributed by atoms with Gasteiger partial charge in [0.15, 0.2) is 12.3 Å². The highest BCUT2D eigenvalue weighted by Gasteiger charge is 2.17. The third-order valence-electron chi connectivity index (χ3n) is 3.99. The molecule has 2 atom stereocenters. The van der Waals surface area contributed by atoms with Crippen molar-refractivity contribution in [1.29, 1.82) is 5.26 Å². The molecule has 0 aromatic heterocycles. The molecule has 0 bridgehead atoms. The number of nitrogens with zero attached hydrogens (tertiary/aromatic N) is 1. The zero-order chi connectivity index (χ0) is 20.5. The van der Waals surface area contributed by atoms with Gasteiger partial charge in [0.1, 0.15) is 30.8 Å². The van der Waals surface area contributed by atoms with Crippen molar-refractivity contribution in [2.75, 3.05) is 20.3 Å². The Morgan fingerprint density at radius 2 is 1.96 bits per heavy atom. The van der Waals surface area contributed by atoms with Gasteiger partial charge in [0.25, 0.3) is 0 Å². The van der Waals surface area contributed by atoms with E-state index in [2.05, 4.69) is 0 Å². The summed E-state index contributed by atoms with van der Waals surface area (Å²) >= 11 is 0. The second kappa shape index (κ2) is 10.3. The van der Waals surface area contributed by atoms with Crippen molar-refractivity contribution in [3.05, 3.63) is 59.2 Å². The minimum absolute atomic E-state index is 0.176. The maximum Gasteiger partial charge on any atom is 0.333 e. The smallest absolute Gasteiger partial charge is 0.333 e. The highest BCUT2D eigenvalue weighted by atomic mass is 19.1. The number of methoxy groups -OCH3 is 1. The average Bonchev–Trinajstić information content (AvgIpc) is 2.69. The van der Waals surface area contributed by atoms with E-state index in [9.17, 15) is 9.18 Å². The number of hydrogen-bond acceptors (Lipinski definition) is 5. The molecule has 2 aromatic rings. The molecular formula is C21H22FNO5. The fourth-order valence-corrected chi connectivity index (χ4v) is 2.52. The molecule has 0 saturated heterocycles. The summed E-state index contributed by atoms with van der Waals surface area (Å²) in [6.45, 7) is 1.38. The molecule has 148 valence electrons. The Bertz CT molecular complexity index is 849. The van der Waals surface area contributed by atoms with Crippen molar-refractivity contribution in [2.24, 2.45) is 0 Å². The van der Waals surface area contributed by atoms with E-state index in [1.807, 2.05) is 13.0 Å². The van der Waals surface area contributed by atoms with Crippen LogP contribution in [-0.4, -0.2) is 43.7 Å². The predicted molar refractivity (Wildman–Crippen MR) is 100 cm³/mol. The van der Waals surface area contributed by atoms with Gasteiger partial charge >= 0.3 is 5.97 Å². The summed E-state index contributed by atoms with van der Waals surface area (Å²) < 4.78 is 29.9. The lowest BCUT2D eigenvalue weighted by Gasteiger charge is -2.14. The van der Waals surface area contributed by atoms with E-state index in [1.54, 1.807) is 42.5 Å². The number of nitriles is 1. The van der Waals surface area contributed by atoms with Crippen LogP contribution in [0.15, 0.2) is 42.5 Å². The maximum atomic E-state index is 14.1. The summed E-state index contributed by atoms with van der Waals surface area (Å²) in [5.74, 6) is -0.298. The Balaban J connectivity index is 1.87. The first kappa shape index (κ1) is 21.2. The SMILES string of the molecule is CO[C@@H](Cc1cccc(OC[C@H](F)COc2ccc(C)cc2C#N)c1)C(=O)O. The zero-order valence-electron chi connectivity index (χ0n) is 15.7. The Morgan fingerprint density at radius 3 is 2.64 bits per heavy atom. The number of aliphatic carboxylic acids is 1. The fraction of sp³-hybridized carbons (Fsp3) is 0.333. The molecule has 1 N–H and O–H groups in total. The van der Waals surface area contributed by atoms with E-state index in [4.69, 9.17) is 24.6 Å². The fourth-order valence-electron chi connectivity index (χ4n) is 2.52. The summed E-state index contributed by atoms with van der Waals surface area (Å²) in [5, 5.41) is 18.2. The maximum absolute atomic E-state index is 14.1. The number of carboxylic acids is 1. The Kier molecular flexibility index (Phi) is 7.78. The van der Waals surface area contributed by atoms with Gasteiger partial charge in [0.2, 0.25) is 0 Å². The molecule has 0 radical (unpaired) electrons. The molecule has 0 heterocycles. The van der Waals surface area contributed by atoms with Crippen molar-refractivity contribution in [3.63, 3.8) is 0 Å². The Labute approximate surface area is 163 Å². The van der Waals surface area contributed by atoms with Gasteiger partial charge in [-0.1, -0.05) is 18.2 Å². The number of hydrogen-bond donors (Lipinski definition) is 1. The van der Waals surface area contributed by atoms with Crippen LogP contribution in [0.3, 0.4) is 0 Å². The number of aryl methyl sites for hydroxylation is 1. The lowest BCUT2D eigenvalue weighted by molar-refractivity contribution is -0.148. The molecule has 28 heavy (non-hydrogen) atoms. The van der Waals surface area contributed by atoms with Crippen LogP contribution in [0.1, 0.15) is 16.7 Å². The van der Waals surface area contributed by atoms with Gasteiger partial charge in [-0.25, -0.2) is 9.18 Å². The summed E-state index contributed by atoms with van der Waals surface area (Å²) in [5.41, 5.74) is 1.98. The molecule has 0 aliphatic heterocycles. The molecule has 6 nitrogen and oxygen atoms in total. The largest absolute Gasteiger partial charge is 0.490 e. The van der Waals surface area contributed by atoms with Gasteiger partial charge in [0.05, 0.1) is 5.56 Å². The summed E-state index contributed by atoms with van der Waals surface area (Å²) in [4.78, 5) is 11.0. The molecule has 2 aromatic carbocycles. The number of halogens is 1. The number of carbonyl (C=O) groups is 1. The van der Waals surface area contributed by atoms with Crippen LogP contribution in [0.25, 0.3) is 0 Å². The van der Waals surface area contributed by atoms with E-state index >= 15 is 0 Å². The van der Waals surface area contributed by atoms with Crippen LogP contribution >= 0.6 is 0 Å². The van der Waals surface area contributed by atoms with Crippen molar-refractivity contribution in [3.8, 4) is 17.6 Å². The quantitative estimate of drug-likeness (QED) is 0.673. The van der Waals surface area contributed by atoms with Gasteiger partial charge in [0, 0.05) is 13.5 Å². The Morgan fingerprint density at radius 1 is 1.21 bits per heavy atom. The highest BCUT2D eigenvalue weighted by molar-refractivity contribution is 5.72. The third-order valence-corrected chi connectivity index (χ3v) is 3.99. The number of rotatable bonds is 10. The summed E-state index contributed by atoms with van der Waals surface area (Å²) in [6.07, 6.45) is -2.18. The monoisotopic (exact) mass is 387 g/mol. The van der Waals surface area contributed by atoms with Gasteiger partial charge < -0.3 is 19.3 Å². The van der Waals surface area contributed by atoms with Gasteiger partial charge in [-0.05, 0) is 42.3 Å². The van der Waals surface area contributed by atoms with Crippen LogP contribution in [-0.2, 0) is 16.0 Å². The van der Waals surface area contributed by atoms with Gasteiger partial charge in [-0.3, -0.25) is 0 Å². The third kappa shape index (κ3) is 6.25. The van der Waals surface area contributed by atoms with Crippen LogP contribution in [0, 0.1) is 18.3 Å². The molecule has 7 heteroatoms. The van der Waals surface area contributed by atoms with Crippen molar-refractivity contribution in [1.82, 2.24) is 0 Å². The van der Waals surface area contributed by atoms with E-state index < -0.39 is 18.2 Å². The molecule has 0 aliphatic rings. The number of ether oxygens (including phenoxy) is 3. The second-order valence-corrected chi connectivity index (χ2v) is 6.24. The van der Waals surface area contributed by atoms with E-state index in [0.717, 1.165) is 5.56 Å². The zero-order valence-corrected chi connectivity index (χ0v) is 15.7. The van der Waals surface area contributed by atoms with E-state index in [0.29, 0.717) is 22.6 Å². The first-order chi connectivity index (χ1) is 13.4. The standard InChI is InChI=1S/C21H22FNO5/c1-14-6-7-19(16(8-14)11-23)28-13-17(22)12-27-18-5-3-4-15(9-18)10-20(26-2)21(24)25/h3-9,17,20H,10,12-13H2,1-2H3,(H,24,25)/t17-,20-/m0/s1. The summed E-state index contributed by atoms with van der Waals surface area (Å²) in [7, 11) is 1.33. The van der Waals surface area contributed by atoms with Crippen LogP contribution in [0.2, 0.25) is 0 Å². The molecule has 0 saturated carbocycles. The number of carboxylic acid groups (broad SMARTS) is 1. The molecule has 2 rings (SSSR count). The minimum Gasteiger partial charge on any atom is -0.490 e. The highest BCUT2D eigenvalue weighted by Crippen LogP contribution is 2.20. The van der Waals surface area contributed by atoms with Crippen LogP contribution in [0.5, 0.6) is 11.5 Å². The molecule has 0 amide bonds. The molecule has 0 fully saturated rings. The first-order valence-corrected chi connectivity index (χ1v) is 8.68. The van der Waals surface area contributed by atoms with Gasteiger partial charge in [-0.15, -0.1) is 0 Å². The Hall–Kier alpha value is -3.11. The summed E-state index contributed by atoms with van der Waals surface area (Å²) in [6, 6.07) is 13.9. The number of alkyl halides is 1. The molecular weight excluding hydrogens is 365 g/mol. The lowest BCUT2D eigenvalue weighted by atomic mass is 10.1. The van der Waals surface area contributed by atoms with Crippen molar-refractivity contribution < 1.29 is 28.5 Å². The number of benzene rings is 2. The normalized spacial score (nSPS) is 12.6. The predicted octanol–water partition coefficient (Wildman–Crippen LogP) is 3.30. The van der Waals surface area contributed by atoms with Gasteiger partial charge in [-0.2, -0.15) is 5.26 Å². The molecule has 0 aliphatic carbocycles.